The van der Waals surface area contributed by atoms with E-state index in [1.54, 1.807) is 90.1 Å². The van der Waals surface area contributed by atoms with Gasteiger partial charge in [0, 0.05) is 39.2 Å². The molecule has 0 aromatic heterocycles. The maximum Gasteiger partial charge on any atom is 0.408 e. The molecule has 17 heteroatoms. The number of alkyl carbamates (subject to hydrolysis) is 1. The number of nitrogens with one attached hydrogen (secondary N) is 1. The monoisotopic (exact) mass is 893 g/mol. The third-order valence-electron chi connectivity index (χ3n) is 13.2. The largest absolute Gasteiger partial charge is 0.456 e. The summed E-state index contributed by atoms with van der Waals surface area (Å²) in [5.74, 6) is -6.03. The number of hydrogen-bond donors (Lipinski definition) is 3. The molecule has 3 fully saturated rings. The second kappa shape index (κ2) is 18.0. The zero-order valence-corrected chi connectivity index (χ0v) is 37.8. The lowest BCUT2D eigenvalue weighted by Gasteiger charge is -2.67. The van der Waals surface area contributed by atoms with Gasteiger partial charge in [-0.05, 0) is 63.5 Å². The molecule has 6 rings (SSSR count). The van der Waals surface area contributed by atoms with Gasteiger partial charge in [0.05, 0.1) is 35.6 Å². The molecule has 1 unspecified atom stereocenters. The summed E-state index contributed by atoms with van der Waals surface area (Å²) in [5.41, 5.74) is -7.99. The number of aliphatic hydroxyl groups is 2. The van der Waals surface area contributed by atoms with E-state index < -0.39 is 118 Å². The molecule has 2 bridgehead atoms. The predicted octanol–water partition coefficient (Wildman–Crippen LogP) is 4.46. The van der Waals surface area contributed by atoms with Crippen molar-refractivity contribution >= 4 is 35.8 Å². The Labute approximate surface area is 372 Å². The standard InChI is InChI=1S/C47H59NO16/c1-25-30(61-41(54)35(51)34(28-17-13-11-14-18-28)48-42(55)64-43(4,5)6)22-47(56)39(62-40(53)29-19-15-12-16-20-29)37-45(9,38(52)36(60-26(2)49)33(25)44(47,7)8)31(59-24-57-10)21-32-46(37,23-58-32)63-27(3)50/h11-20,30-32,34-37,39,51,56H,21-24H2,1-10H3,(H,48,55)/t30-,31-,32+,34-,35+,36+,37?,39-,45+,46-,47+/m0/s1. The van der Waals surface area contributed by atoms with Crippen molar-refractivity contribution in [2.75, 3.05) is 20.5 Å². The van der Waals surface area contributed by atoms with Gasteiger partial charge in [-0.3, -0.25) is 14.4 Å². The summed E-state index contributed by atoms with van der Waals surface area (Å²) in [5, 5.41) is 28.1. The molecule has 1 aliphatic heterocycles. The van der Waals surface area contributed by atoms with Crippen molar-refractivity contribution < 1.29 is 76.9 Å². The lowest BCUT2D eigenvalue weighted by atomic mass is 9.44. The first-order valence-electron chi connectivity index (χ1n) is 21.2. The van der Waals surface area contributed by atoms with Gasteiger partial charge in [0.1, 0.15) is 36.3 Å². The minimum Gasteiger partial charge on any atom is -0.456 e. The highest BCUT2D eigenvalue weighted by Gasteiger charge is 2.78. The van der Waals surface area contributed by atoms with Crippen LogP contribution in [0.1, 0.15) is 97.1 Å². The molecular formula is C47H59NO16. The van der Waals surface area contributed by atoms with Crippen LogP contribution in [0.15, 0.2) is 71.8 Å². The van der Waals surface area contributed by atoms with Crippen LogP contribution >= 0.6 is 0 Å². The Balaban J connectivity index is 1.57. The molecule has 64 heavy (non-hydrogen) atoms. The highest BCUT2D eigenvalue weighted by Crippen LogP contribution is 2.65. The van der Waals surface area contributed by atoms with E-state index in [2.05, 4.69) is 5.32 Å². The van der Waals surface area contributed by atoms with Gasteiger partial charge in [-0.15, -0.1) is 0 Å². The quantitative estimate of drug-likeness (QED) is 0.116. The van der Waals surface area contributed by atoms with E-state index in [9.17, 15) is 34.2 Å². The van der Waals surface area contributed by atoms with Crippen LogP contribution in [-0.4, -0.2) is 120 Å². The number of Topliss-reactive ketones (excluding diaryl/α,β-unsaturated/α-hetero) is 1. The fraction of sp³-hybridized carbons (Fsp3) is 0.574. The van der Waals surface area contributed by atoms with Crippen LogP contribution in [0.4, 0.5) is 4.79 Å². The number of benzene rings is 2. The first-order chi connectivity index (χ1) is 29.9. The first-order valence-corrected chi connectivity index (χ1v) is 21.2. The van der Waals surface area contributed by atoms with Crippen molar-refractivity contribution in [2.24, 2.45) is 16.7 Å². The molecular weight excluding hydrogens is 835 g/mol. The lowest BCUT2D eigenvalue weighted by Crippen LogP contribution is -2.82. The maximum atomic E-state index is 15.9. The number of rotatable bonds is 12. The third kappa shape index (κ3) is 8.67. The molecule has 11 atom stereocenters. The van der Waals surface area contributed by atoms with Gasteiger partial charge in [0.25, 0.3) is 0 Å². The number of hydrogen-bond acceptors (Lipinski definition) is 16. The van der Waals surface area contributed by atoms with Gasteiger partial charge < -0.3 is 53.4 Å². The highest BCUT2D eigenvalue weighted by atomic mass is 16.7. The second-order valence-electron chi connectivity index (χ2n) is 18.7. The summed E-state index contributed by atoms with van der Waals surface area (Å²) in [7, 11) is 1.38. The molecule has 3 N–H and O–H groups in total. The number of esters is 4. The lowest BCUT2D eigenvalue weighted by molar-refractivity contribution is -0.351. The van der Waals surface area contributed by atoms with Crippen molar-refractivity contribution in [2.45, 2.75) is 135 Å². The van der Waals surface area contributed by atoms with Crippen LogP contribution in [0.3, 0.4) is 0 Å². The molecule has 2 aromatic rings. The van der Waals surface area contributed by atoms with E-state index in [-0.39, 0.29) is 36.5 Å². The van der Waals surface area contributed by atoms with Gasteiger partial charge in [-0.25, -0.2) is 14.4 Å². The molecule has 1 amide bonds. The van der Waals surface area contributed by atoms with Gasteiger partial charge in [0.15, 0.2) is 23.6 Å². The Morgan fingerprint density at radius 3 is 2.09 bits per heavy atom. The van der Waals surface area contributed by atoms with Gasteiger partial charge >= 0.3 is 30.0 Å². The van der Waals surface area contributed by atoms with Crippen LogP contribution in [0.25, 0.3) is 0 Å². The molecule has 1 heterocycles. The second-order valence-corrected chi connectivity index (χ2v) is 18.7. The minimum absolute atomic E-state index is 0.0275. The Kier molecular flexibility index (Phi) is 13.6. The Morgan fingerprint density at radius 2 is 1.55 bits per heavy atom. The zero-order chi connectivity index (χ0) is 47.2. The van der Waals surface area contributed by atoms with Crippen LogP contribution in [0.2, 0.25) is 0 Å². The Morgan fingerprint density at radius 1 is 0.922 bits per heavy atom. The van der Waals surface area contributed by atoms with Crippen LogP contribution in [-0.2, 0) is 57.1 Å². The smallest absolute Gasteiger partial charge is 0.408 e. The van der Waals surface area contributed by atoms with Crippen molar-refractivity contribution in [3.63, 3.8) is 0 Å². The van der Waals surface area contributed by atoms with Crippen molar-refractivity contribution in [3.8, 4) is 0 Å². The fourth-order valence-electron chi connectivity index (χ4n) is 10.2. The molecule has 0 radical (unpaired) electrons. The number of aliphatic hydroxyl groups excluding tert-OH is 1. The number of carbonyl (C=O) groups excluding carboxylic acids is 6. The zero-order valence-electron chi connectivity index (χ0n) is 37.8. The average Bonchev–Trinajstić information content (AvgIpc) is 3.21. The molecule has 2 aromatic carbocycles. The summed E-state index contributed by atoms with van der Waals surface area (Å²) in [4.78, 5) is 84.0. The molecule has 3 aliphatic carbocycles. The number of methoxy groups -OCH3 is 1. The van der Waals surface area contributed by atoms with Gasteiger partial charge in [-0.2, -0.15) is 0 Å². The topological polar surface area (TPSA) is 229 Å². The molecule has 2 saturated carbocycles. The fourth-order valence-corrected chi connectivity index (χ4v) is 10.2. The van der Waals surface area contributed by atoms with E-state index in [4.69, 9.17) is 37.9 Å². The summed E-state index contributed by atoms with van der Waals surface area (Å²) in [6, 6.07) is 14.7. The van der Waals surface area contributed by atoms with E-state index in [1.807, 2.05) is 0 Å². The van der Waals surface area contributed by atoms with Gasteiger partial charge in [0.2, 0.25) is 0 Å². The summed E-state index contributed by atoms with van der Waals surface area (Å²) >= 11 is 0. The van der Waals surface area contributed by atoms with E-state index in [0.29, 0.717) is 5.56 Å². The van der Waals surface area contributed by atoms with Gasteiger partial charge in [-0.1, -0.05) is 62.4 Å². The molecule has 17 nitrogen and oxygen atoms in total. The van der Waals surface area contributed by atoms with E-state index in [0.717, 1.165) is 6.92 Å². The van der Waals surface area contributed by atoms with Crippen molar-refractivity contribution in [1.29, 1.82) is 0 Å². The number of ether oxygens (including phenoxy) is 8. The van der Waals surface area contributed by atoms with Crippen LogP contribution in [0, 0.1) is 16.7 Å². The Bertz CT molecular complexity index is 2150. The summed E-state index contributed by atoms with van der Waals surface area (Å²) < 4.78 is 47.8. The normalized spacial score (nSPS) is 31.5. The van der Waals surface area contributed by atoms with E-state index in [1.165, 1.54) is 33.1 Å². The number of amides is 1. The molecule has 1 saturated heterocycles. The predicted molar refractivity (Wildman–Crippen MR) is 224 cm³/mol. The van der Waals surface area contributed by atoms with Crippen LogP contribution in [0.5, 0.6) is 0 Å². The van der Waals surface area contributed by atoms with Crippen LogP contribution < -0.4 is 5.32 Å². The first kappa shape index (κ1) is 48.3. The average molecular weight is 894 g/mol. The number of carbonyl (C=O) groups is 6. The maximum absolute atomic E-state index is 15.9. The van der Waals surface area contributed by atoms with E-state index >= 15 is 4.79 Å². The SMILES string of the molecule is COCO[C@H]1C[C@H]2OC[C@@]2(OC(C)=O)C2[C@H](OC(=O)c3ccccc3)[C@]3(O)C[C@H](OC(=O)[C@H](O)[C@@H](NC(=O)OC(C)(C)C)c4ccccc4)C(C)=C([C@@H](OC(C)=O)C(=O)[C@@]21C)C3(C)C. The summed E-state index contributed by atoms with van der Waals surface area (Å²) in [6.07, 6.45) is -10.7. The minimum atomic E-state index is -2.38. The molecule has 348 valence electrons. The molecule has 0 spiro atoms. The highest BCUT2D eigenvalue weighted by molar-refractivity contribution is 5.95. The number of fused-ring (bicyclic) bond motifs is 5. The van der Waals surface area contributed by atoms with Crippen molar-refractivity contribution in [3.05, 3.63) is 82.9 Å². The summed E-state index contributed by atoms with van der Waals surface area (Å²) in [6.45, 7) is 12.9. The number of ketones is 1. The van der Waals surface area contributed by atoms with Crippen molar-refractivity contribution in [1.82, 2.24) is 5.32 Å². The third-order valence-corrected chi connectivity index (χ3v) is 13.2. The molecule has 4 aliphatic rings. The Hall–Kier alpha value is -5.20.